The molecular formula is C9H9N5O2. The Morgan fingerprint density at radius 1 is 1.44 bits per heavy atom. The Labute approximate surface area is 90.7 Å². The number of nitrogens with two attached hydrogens (primary N) is 1. The molecule has 2 N–H and O–H groups in total. The Morgan fingerprint density at radius 2 is 2.25 bits per heavy atom. The molecule has 0 aliphatic rings. The smallest absolute Gasteiger partial charge is 0.384 e. The van der Waals surface area contributed by atoms with Crippen molar-refractivity contribution in [1.29, 1.82) is 0 Å². The zero-order valence-electron chi connectivity index (χ0n) is 8.28. The molecule has 0 radical (unpaired) electrons. The van der Waals surface area contributed by atoms with Crippen LogP contribution in [0.2, 0.25) is 0 Å². The van der Waals surface area contributed by atoms with Gasteiger partial charge >= 0.3 is 5.82 Å². The Bertz CT molecular complexity index is 505. The molecule has 0 aliphatic carbocycles. The molecule has 0 unspecified atom stereocenters. The first-order valence-corrected chi connectivity index (χ1v) is 4.53. The maximum atomic E-state index is 10.4. The Balaban J connectivity index is 2.14. The highest BCUT2D eigenvalue weighted by Gasteiger charge is 2.10. The van der Waals surface area contributed by atoms with Gasteiger partial charge in [0, 0.05) is 6.20 Å². The maximum absolute atomic E-state index is 10.4. The lowest BCUT2D eigenvalue weighted by Crippen LogP contribution is -2.02. The first kappa shape index (κ1) is 10.1. The highest BCUT2D eigenvalue weighted by atomic mass is 16.6. The molecule has 0 atom stereocenters. The molecule has 0 saturated heterocycles. The number of hydrogen-bond donors (Lipinski definition) is 1. The first-order chi connectivity index (χ1) is 7.65. The number of rotatable bonds is 3. The second-order valence-electron chi connectivity index (χ2n) is 3.22. The minimum Gasteiger partial charge on any atom is -0.384 e. The molecule has 82 valence electrons. The summed E-state index contributed by atoms with van der Waals surface area (Å²) in [5.41, 5.74) is 6.32. The fourth-order valence-corrected chi connectivity index (χ4v) is 1.25. The van der Waals surface area contributed by atoms with Crippen molar-refractivity contribution in [3.8, 4) is 0 Å². The van der Waals surface area contributed by atoms with Gasteiger partial charge in [-0.2, -0.15) is 4.68 Å². The Hall–Kier alpha value is -2.44. The van der Waals surface area contributed by atoms with E-state index in [0.717, 1.165) is 5.56 Å². The van der Waals surface area contributed by atoms with Crippen LogP contribution in [0, 0.1) is 10.1 Å². The molecule has 7 heteroatoms. The van der Waals surface area contributed by atoms with Gasteiger partial charge in [-0.1, -0.05) is 6.07 Å². The van der Waals surface area contributed by atoms with Gasteiger partial charge in [0.1, 0.15) is 5.82 Å². The standard InChI is InChI=1S/C9H9N5O2/c10-8-2-1-7(5-11-8)6-13-4-3-9(12-13)14(15)16/h1-5H,6H2,(H2,10,11). The van der Waals surface area contributed by atoms with Crippen molar-refractivity contribution in [2.24, 2.45) is 0 Å². The topological polar surface area (TPSA) is 99.9 Å². The summed E-state index contributed by atoms with van der Waals surface area (Å²) in [4.78, 5) is 13.8. The summed E-state index contributed by atoms with van der Waals surface area (Å²) in [6, 6.07) is 4.83. The van der Waals surface area contributed by atoms with E-state index in [-0.39, 0.29) is 5.82 Å². The van der Waals surface area contributed by atoms with Gasteiger partial charge in [-0.3, -0.25) is 0 Å². The van der Waals surface area contributed by atoms with Gasteiger partial charge in [0.25, 0.3) is 0 Å². The fraction of sp³-hybridized carbons (Fsp3) is 0.111. The summed E-state index contributed by atoms with van der Waals surface area (Å²) in [5, 5.41) is 14.2. The molecule has 2 rings (SSSR count). The number of anilines is 1. The highest BCUT2D eigenvalue weighted by Crippen LogP contribution is 2.08. The van der Waals surface area contributed by atoms with Crippen molar-refractivity contribution < 1.29 is 4.92 Å². The number of nitro groups is 1. The van der Waals surface area contributed by atoms with E-state index in [1.807, 2.05) is 0 Å². The van der Waals surface area contributed by atoms with Gasteiger partial charge in [-0.05, 0) is 16.6 Å². The van der Waals surface area contributed by atoms with Crippen LogP contribution < -0.4 is 5.73 Å². The number of hydrogen-bond acceptors (Lipinski definition) is 5. The summed E-state index contributed by atoms with van der Waals surface area (Å²) in [7, 11) is 0. The molecule has 2 aromatic rings. The molecule has 0 fully saturated rings. The second-order valence-corrected chi connectivity index (χ2v) is 3.22. The molecule has 0 aliphatic heterocycles. The number of nitrogens with zero attached hydrogens (tertiary/aromatic N) is 4. The molecule has 2 heterocycles. The van der Waals surface area contributed by atoms with E-state index in [9.17, 15) is 10.1 Å². The third kappa shape index (κ3) is 2.14. The van der Waals surface area contributed by atoms with Crippen LogP contribution in [0.15, 0.2) is 30.6 Å². The van der Waals surface area contributed by atoms with Crippen LogP contribution in [-0.2, 0) is 6.54 Å². The first-order valence-electron chi connectivity index (χ1n) is 4.53. The van der Waals surface area contributed by atoms with E-state index >= 15 is 0 Å². The second kappa shape index (κ2) is 3.97. The highest BCUT2D eigenvalue weighted by molar-refractivity contribution is 5.29. The number of nitrogen functional groups attached to an aromatic ring is 1. The third-order valence-electron chi connectivity index (χ3n) is 2.01. The zero-order chi connectivity index (χ0) is 11.5. The fourth-order valence-electron chi connectivity index (χ4n) is 1.25. The lowest BCUT2D eigenvalue weighted by Gasteiger charge is -1.98. The molecule has 0 saturated carbocycles. The third-order valence-corrected chi connectivity index (χ3v) is 2.01. The summed E-state index contributed by atoms with van der Waals surface area (Å²) < 4.78 is 1.48. The molecule has 0 amide bonds. The van der Waals surface area contributed by atoms with E-state index in [0.29, 0.717) is 12.4 Å². The predicted molar refractivity (Wildman–Crippen MR) is 56.6 cm³/mol. The van der Waals surface area contributed by atoms with Crippen molar-refractivity contribution in [2.75, 3.05) is 5.73 Å². The molecule has 7 nitrogen and oxygen atoms in total. The quantitative estimate of drug-likeness (QED) is 0.608. The minimum atomic E-state index is -0.530. The molecule has 0 aromatic carbocycles. The van der Waals surface area contributed by atoms with Crippen molar-refractivity contribution in [2.45, 2.75) is 6.54 Å². The van der Waals surface area contributed by atoms with Gasteiger partial charge in [0.05, 0.1) is 23.9 Å². The van der Waals surface area contributed by atoms with E-state index in [4.69, 9.17) is 5.73 Å². The predicted octanol–water partition coefficient (Wildman–Crippen LogP) is 0.817. The largest absolute Gasteiger partial charge is 0.389 e. The van der Waals surface area contributed by atoms with Crippen LogP contribution in [0.3, 0.4) is 0 Å². The SMILES string of the molecule is Nc1ccc(Cn2ccc([N+](=O)[O-])n2)cn1. The monoisotopic (exact) mass is 219 g/mol. The average molecular weight is 219 g/mol. The van der Waals surface area contributed by atoms with E-state index < -0.39 is 4.92 Å². The summed E-state index contributed by atoms with van der Waals surface area (Å²) >= 11 is 0. The van der Waals surface area contributed by atoms with E-state index in [2.05, 4.69) is 10.1 Å². The van der Waals surface area contributed by atoms with Crippen LogP contribution in [0.4, 0.5) is 11.6 Å². The van der Waals surface area contributed by atoms with Gasteiger partial charge in [0.15, 0.2) is 0 Å². The number of aromatic nitrogens is 3. The van der Waals surface area contributed by atoms with Crippen LogP contribution in [0.25, 0.3) is 0 Å². The van der Waals surface area contributed by atoms with E-state index in [1.165, 1.54) is 10.7 Å². The van der Waals surface area contributed by atoms with Crippen molar-refractivity contribution >= 4 is 11.6 Å². The molecule has 0 bridgehead atoms. The van der Waals surface area contributed by atoms with Crippen LogP contribution in [0.5, 0.6) is 0 Å². The van der Waals surface area contributed by atoms with Crippen molar-refractivity contribution in [3.63, 3.8) is 0 Å². The maximum Gasteiger partial charge on any atom is 0.389 e. The molecular weight excluding hydrogens is 210 g/mol. The average Bonchev–Trinajstić information content (AvgIpc) is 2.70. The number of pyridine rings is 1. The van der Waals surface area contributed by atoms with E-state index in [1.54, 1.807) is 24.5 Å². The van der Waals surface area contributed by atoms with Crippen LogP contribution in [-0.4, -0.2) is 19.7 Å². The van der Waals surface area contributed by atoms with Crippen molar-refractivity contribution in [3.05, 3.63) is 46.3 Å². The van der Waals surface area contributed by atoms with Crippen LogP contribution >= 0.6 is 0 Å². The van der Waals surface area contributed by atoms with Crippen molar-refractivity contribution in [1.82, 2.24) is 14.8 Å². The summed E-state index contributed by atoms with van der Waals surface area (Å²) in [6.45, 7) is 0.432. The lowest BCUT2D eigenvalue weighted by molar-refractivity contribution is -0.389. The van der Waals surface area contributed by atoms with Gasteiger partial charge < -0.3 is 15.8 Å². The Morgan fingerprint density at radius 3 is 2.81 bits per heavy atom. The molecule has 0 spiro atoms. The van der Waals surface area contributed by atoms with Crippen LogP contribution in [0.1, 0.15) is 5.56 Å². The summed E-state index contributed by atoms with van der Waals surface area (Å²) in [5.74, 6) is 0.276. The Kier molecular flexibility index (Phi) is 2.50. The lowest BCUT2D eigenvalue weighted by atomic mass is 10.3. The minimum absolute atomic E-state index is 0.164. The van der Waals surface area contributed by atoms with Gasteiger partial charge in [-0.15, -0.1) is 0 Å². The van der Waals surface area contributed by atoms with Gasteiger partial charge in [0.2, 0.25) is 0 Å². The normalized spacial score (nSPS) is 10.2. The van der Waals surface area contributed by atoms with Gasteiger partial charge in [-0.25, -0.2) is 4.98 Å². The molecule has 2 aromatic heterocycles. The summed E-state index contributed by atoms with van der Waals surface area (Å²) in [6.07, 6.45) is 3.16. The molecule has 16 heavy (non-hydrogen) atoms. The zero-order valence-corrected chi connectivity index (χ0v) is 8.28.